The first-order chi connectivity index (χ1) is 13.0. The van der Waals surface area contributed by atoms with Gasteiger partial charge in [-0.05, 0) is 43.7 Å². The third kappa shape index (κ3) is 4.60. The van der Waals surface area contributed by atoms with Crippen molar-refractivity contribution in [3.63, 3.8) is 0 Å². The topological polar surface area (TPSA) is 68.3 Å². The van der Waals surface area contributed by atoms with Crippen LogP contribution in [0, 0.1) is 13.8 Å². The zero-order chi connectivity index (χ0) is 19.4. The van der Waals surface area contributed by atoms with Gasteiger partial charge in [0.2, 0.25) is 5.91 Å². The number of aryl methyl sites for hydroxylation is 2. The van der Waals surface area contributed by atoms with Gasteiger partial charge in [-0.3, -0.25) is 4.79 Å². The van der Waals surface area contributed by atoms with Gasteiger partial charge in [0.05, 0.1) is 24.8 Å². The average molecular weight is 380 g/mol. The third-order valence-corrected chi connectivity index (χ3v) is 5.02. The van der Waals surface area contributed by atoms with Crippen molar-refractivity contribution in [3.05, 3.63) is 70.2 Å². The zero-order valence-corrected chi connectivity index (χ0v) is 16.2. The number of methoxy groups -OCH3 is 1. The maximum absolute atomic E-state index is 12.4. The van der Waals surface area contributed by atoms with Crippen LogP contribution in [0.5, 0.6) is 0 Å². The summed E-state index contributed by atoms with van der Waals surface area (Å²) in [5.41, 5.74) is 4.88. The number of benzene rings is 2. The molecule has 1 amide bonds. The SMILES string of the molecule is COC(=O)c1ccc(NC(=O)Cc2csc(-c3cccc(C)c3)n2)c(C)c1. The molecule has 0 aliphatic carbocycles. The van der Waals surface area contributed by atoms with E-state index < -0.39 is 5.97 Å². The smallest absolute Gasteiger partial charge is 0.337 e. The molecule has 0 bridgehead atoms. The number of amides is 1. The summed E-state index contributed by atoms with van der Waals surface area (Å²) in [6.45, 7) is 3.88. The standard InChI is InChI=1S/C21H20N2O3S/c1-13-5-4-6-15(9-13)20-22-17(12-27-20)11-19(24)23-18-8-7-16(10-14(18)2)21(25)26-3/h4-10,12H,11H2,1-3H3,(H,23,24). The Balaban J connectivity index is 1.67. The van der Waals surface area contributed by atoms with Gasteiger partial charge in [0, 0.05) is 16.6 Å². The minimum Gasteiger partial charge on any atom is -0.465 e. The lowest BCUT2D eigenvalue weighted by Crippen LogP contribution is -2.15. The molecule has 5 nitrogen and oxygen atoms in total. The third-order valence-electron chi connectivity index (χ3n) is 4.08. The summed E-state index contributed by atoms with van der Waals surface area (Å²) >= 11 is 1.53. The molecule has 0 aliphatic heterocycles. The average Bonchev–Trinajstić information content (AvgIpc) is 3.11. The highest BCUT2D eigenvalue weighted by atomic mass is 32.1. The van der Waals surface area contributed by atoms with E-state index >= 15 is 0 Å². The van der Waals surface area contributed by atoms with Crippen LogP contribution < -0.4 is 5.32 Å². The molecule has 138 valence electrons. The van der Waals surface area contributed by atoms with Crippen LogP contribution in [0.3, 0.4) is 0 Å². The van der Waals surface area contributed by atoms with Crippen molar-refractivity contribution >= 4 is 28.9 Å². The highest BCUT2D eigenvalue weighted by Gasteiger charge is 2.12. The number of thiazole rings is 1. The minimum atomic E-state index is -0.401. The lowest BCUT2D eigenvalue weighted by Gasteiger charge is -2.09. The van der Waals surface area contributed by atoms with Gasteiger partial charge in [0.25, 0.3) is 0 Å². The maximum atomic E-state index is 12.4. The molecule has 0 aliphatic rings. The van der Waals surface area contributed by atoms with E-state index in [1.807, 2.05) is 37.4 Å². The van der Waals surface area contributed by atoms with Gasteiger partial charge in [-0.2, -0.15) is 0 Å². The number of nitrogens with one attached hydrogen (secondary N) is 1. The van der Waals surface area contributed by atoms with Gasteiger partial charge in [-0.1, -0.05) is 23.8 Å². The molecular formula is C21H20N2O3S. The first kappa shape index (κ1) is 18.8. The fraction of sp³-hybridized carbons (Fsp3) is 0.190. The predicted molar refractivity (Wildman–Crippen MR) is 107 cm³/mol. The van der Waals surface area contributed by atoms with Crippen LogP contribution in [0.15, 0.2) is 47.8 Å². The van der Waals surface area contributed by atoms with Gasteiger partial charge in [-0.25, -0.2) is 9.78 Å². The van der Waals surface area contributed by atoms with E-state index in [1.54, 1.807) is 18.2 Å². The van der Waals surface area contributed by atoms with E-state index in [4.69, 9.17) is 4.74 Å². The summed E-state index contributed by atoms with van der Waals surface area (Å²) in [6.07, 6.45) is 0.195. The summed E-state index contributed by atoms with van der Waals surface area (Å²) in [5, 5.41) is 5.68. The number of anilines is 1. The molecule has 0 atom stereocenters. The molecule has 27 heavy (non-hydrogen) atoms. The highest BCUT2D eigenvalue weighted by molar-refractivity contribution is 7.13. The number of carbonyl (C=O) groups excluding carboxylic acids is 2. The lowest BCUT2D eigenvalue weighted by atomic mass is 10.1. The Morgan fingerprint density at radius 1 is 1.15 bits per heavy atom. The van der Waals surface area contributed by atoms with Crippen LogP contribution in [-0.4, -0.2) is 24.0 Å². The summed E-state index contributed by atoms with van der Waals surface area (Å²) in [6, 6.07) is 13.2. The van der Waals surface area contributed by atoms with Crippen LogP contribution >= 0.6 is 11.3 Å². The fourth-order valence-corrected chi connectivity index (χ4v) is 3.52. The monoisotopic (exact) mass is 380 g/mol. The number of esters is 1. The van der Waals surface area contributed by atoms with Gasteiger partial charge >= 0.3 is 5.97 Å². The number of nitrogens with zero attached hydrogens (tertiary/aromatic N) is 1. The molecule has 0 unspecified atom stereocenters. The van der Waals surface area contributed by atoms with Crippen LogP contribution in [-0.2, 0) is 16.0 Å². The lowest BCUT2D eigenvalue weighted by molar-refractivity contribution is -0.115. The quantitative estimate of drug-likeness (QED) is 0.667. The van der Waals surface area contributed by atoms with Gasteiger partial charge in [-0.15, -0.1) is 11.3 Å². The number of ether oxygens (including phenoxy) is 1. The number of hydrogen-bond acceptors (Lipinski definition) is 5. The fourth-order valence-electron chi connectivity index (χ4n) is 2.71. The van der Waals surface area contributed by atoms with E-state index in [2.05, 4.69) is 16.4 Å². The molecule has 0 radical (unpaired) electrons. The van der Waals surface area contributed by atoms with E-state index in [9.17, 15) is 9.59 Å². The van der Waals surface area contributed by atoms with Crippen molar-refractivity contribution in [1.82, 2.24) is 4.98 Å². The van der Waals surface area contributed by atoms with Crippen LogP contribution in [0.25, 0.3) is 10.6 Å². The second-order valence-electron chi connectivity index (χ2n) is 6.26. The second-order valence-corrected chi connectivity index (χ2v) is 7.12. The van der Waals surface area contributed by atoms with E-state index in [1.165, 1.54) is 24.0 Å². The molecule has 2 aromatic carbocycles. The Morgan fingerprint density at radius 3 is 2.67 bits per heavy atom. The molecule has 3 aromatic rings. The van der Waals surface area contributed by atoms with Crippen LogP contribution in [0.2, 0.25) is 0 Å². The molecule has 1 heterocycles. The molecule has 0 spiro atoms. The number of hydrogen-bond donors (Lipinski definition) is 1. The first-order valence-electron chi connectivity index (χ1n) is 8.46. The Morgan fingerprint density at radius 2 is 1.96 bits per heavy atom. The van der Waals surface area contributed by atoms with Gasteiger partial charge < -0.3 is 10.1 Å². The highest BCUT2D eigenvalue weighted by Crippen LogP contribution is 2.25. The molecular weight excluding hydrogens is 360 g/mol. The molecule has 0 saturated carbocycles. The molecule has 0 fully saturated rings. The van der Waals surface area contributed by atoms with Crippen molar-refractivity contribution in [1.29, 1.82) is 0 Å². The first-order valence-corrected chi connectivity index (χ1v) is 9.34. The van der Waals surface area contributed by atoms with Crippen molar-refractivity contribution in [3.8, 4) is 10.6 Å². The minimum absolute atomic E-state index is 0.148. The van der Waals surface area contributed by atoms with Crippen molar-refractivity contribution in [2.75, 3.05) is 12.4 Å². The summed E-state index contributed by atoms with van der Waals surface area (Å²) in [4.78, 5) is 28.5. The van der Waals surface area contributed by atoms with E-state index in [-0.39, 0.29) is 12.3 Å². The van der Waals surface area contributed by atoms with Gasteiger partial charge in [0.15, 0.2) is 0 Å². The van der Waals surface area contributed by atoms with Crippen molar-refractivity contribution < 1.29 is 14.3 Å². The van der Waals surface area contributed by atoms with E-state index in [0.717, 1.165) is 21.8 Å². The molecule has 6 heteroatoms. The summed E-state index contributed by atoms with van der Waals surface area (Å²) < 4.78 is 4.70. The second kappa shape index (κ2) is 8.14. The Labute approximate surface area is 162 Å². The summed E-state index contributed by atoms with van der Waals surface area (Å²) in [5.74, 6) is -0.549. The van der Waals surface area contributed by atoms with Crippen LogP contribution in [0.1, 0.15) is 27.2 Å². The largest absolute Gasteiger partial charge is 0.465 e. The normalized spacial score (nSPS) is 10.5. The molecule has 1 N–H and O–H groups in total. The van der Waals surface area contributed by atoms with E-state index in [0.29, 0.717) is 11.3 Å². The number of aromatic nitrogens is 1. The van der Waals surface area contributed by atoms with Crippen LogP contribution in [0.4, 0.5) is 5.69 Å². The van der Waals surface area contributed by atoms with Crippen molar-refractivity contribution in [2.24, 2.45) is 0 Å². The predicted octanol–water partition coefficient (Wildman–Crippen LogP) is 4.39. The van der Waals surface area contributed by atoms with Crippen molar-refractivity contribution in [2.45, 2.75) is 20.3 Å². The zero-order valence-electron chi connectivity index (χ0n) is 15.4. The molecule has 3 rings (SSSR count). The molecule has 0 saturated heterocycles. The Bertz CT molecular complexity index is 995. The maximum Gasteiger partial charge on any atom is 0.337 e. The Kier molecular flexibility index (Phi) is 5.66. The number of rotatable bonds is 5. The van der Waals surface area contributed by atoms with Gasteiger partial charge in [0.1, 0.15) is 5.01 Å². The summed E-state index contributed by atoms with van der Waals surface area (Å²) in [7, 11) is 1.34. The Hall–Kier alpha value is -2.99. The number of carbonyl (C=O) groups is 2. The molecule has 1 aromatic heterocycles.